The molecule has 3 rings (SSSR count). The minimum Gasteiger partial charge on any atom is -0.301 e. The van der Waals surface area contributed by atoms with Crippen molar-refractivity contribution in [2.75, 3.05) is 5.32 Å². The first kappa shape index (κ1) is 16.1. The topological polar surface area (TPSA) is 59.1 Å². The van der Waals surface area contributed by atoms with Gasteiger partial charge in [-0.2, -0.15) is 0 Å². The van der Waals surface area contributed by atoms with Crippen LogP contribution in [-0.2, 0) is 9.59 Å². The van der Waals surface area contributed by atoms with Gasteiger partial charge < -0.3 is 5.32 Å². The maximum atomic E-state index is 13.1. The highest BCUT2D eigenvalue weighted by atomic mass is 79.9. The van der Waals surface area contributed by atoms with Crippen molar-refractivity contribution >= 4 is 44.1 Å². The highest BCUT2D eigenvalue weighted by Crippen LogP contribution is 2.72. The molecule has 1 heterocycles. The average Bonchev–Trinajstić information content (AvgIpc) is 2.88. The molecule has 0 radical (unpaired) electrons. The number of ketones is 1. The molecule has 1 aromatic rings. The third kappa shape index (κ3) is 1.65. The van der Waals surface area contributed by atoms with Crippen molar-refractivity contribution in [1.29, 1.82) is 0 Å². The molecule has 22 heavy (non-hydrogen) atoms. The number of amides is 1. The molecular formula is C16H21BrN2O2S. The lowest BCUT2D eigenvalue weighted by atomic mass is 9.64. The summed E-state index contributed by atoms with van der Waals surface area (Å²) < 4.78 is 0. The highest BCUT2D eigenvalue weighted by Gasteiger charge is 2.76. The molecule has 1 N–H and O–H groups in total. The van der Waals surface area contributed by atoms with Crippen LogP contribution in [0.25, 0.3) is 0 Å². The van der Waals surface area contributed by atoms with E-state index in [-0.39, 0.29) is 17.1 Å². The Labute approximate surface area is 143 Å². The zero-order chi connectivity index (χ0) is 16.5. The molecule has 6 heteroatoms. The molecule has 0 aliphatic heterocycles. The van der Waals surface area contributed by atoms with E-state index < -0.39 is 15.7 Å². The minimum absolute atomic E-state index is 0.0808. The Bertz CT molecular complexity index is 664. The molecule has 0 aromatic carbocycles. The number of aryl methyl sites for hydroxylation is 2. The van der Waals surface area contributed by atoms with Gasteiger partial charge in [0.2, 0.25) is 5.91 Å². The van der Waals surface area contributed by atoms with E-state index in [0.29, 0.717) is 5.13 Å². The third-order valence-corrected chi connectivity index (χ3v) is 8.56. The van der Waals surface area contributed by atoms with Gasteiger partial charge in [-0.1, -0.05) is 36.7 Å². The summed E-state index contributed by atoms with van der Waals surface area (Å²) in [6, 6.07) is 0. The maximum Gasteiger partial charge on any atom is 0.234 e. The summed E-state index contributed by atoms with van der Waals surface area (Å²) >= 11 is 5.02. The van der Waals surface area contributed by atoms with Crippen LogP contribution in [-0.4, -0.2) is 21.5 Å². The Balaban J connectivity index is 1.99. The van der Waals surface area contributed by atoms with Crippen LogP contribution < -0.4 is 5.32 Å². The number of Topliss-reactive ketones (excluding diaryl/α,β-unsaturated/α-hetero) is 1. The fourth-order valence-corrected chi connectivity index (χ4v) is 6.51. The van der Waals surface area contributed by atoms with Gasteiger partial charge in [-0.3, -0.25) is 9.59 Å². The number of hydrogen-bond donors (Lipinski definition) is 1. The van der Waals surface area contributed by atoms with Crippen molar-refractivity contribution in [3.8, 4) is 0 Å². The molecule has 2 bridgehead atoms. The first-order chi connectivity index (χ1) is 10.1. The van der Waals surface area contributed by atoms with Gasteiger partial charge in [0.15, 0.2) is 10.9 Å². The number of hydrogen-bond acceptors (Lipinski definition) is 4. The van der Waals surface area contributed by atoms with E-state index in [1.54, 1.807) is 0 Å². The van der Waals surface area contributed by atoms with Crippen LogP contribution in [0.2, 0.25) is 0 Å². The number of aromatic nitrogens is 1. The molecule has 120 valence electrons. The number of thiazole rings is 1. The molecule has 2 aliphatic rings. The summed E-state index contributed by atoms with van der Waals surface area (Å²) in [5, 5.41) is 3.60. The van der Waals surface area contributed by atoms with Gasteiger partial charge in [0, 0.05) is 10.3 Å². The molecular weight excluding hydrogens is 364 g/mol. The molecule has 2 fully saturated rings. The van der Waals surface area contributed by atoms with Crippen molar-refractivity contribution in [3.63, 3.8) is 0 Å². The van der Waals surface area contributed by atoms with E-state index in [1.165, 1.54) is 11.3 Å². The van der Waals surface area contributed by atoms with Crippen LogP contribution in [0.1, 0.15) is 44.2 Å². The van der Waals surface area contributed by atoms with E-state index >= 15 is 0 Å². The van der Waals surface area contributed by atoms with Crippen LogP contribution in [0.5, 0.6) is 0 Å². The highest BCUT2D eigenvalue weighted by molar-refractivity contribution is 9.10. The fraction of sp³-hybridized carbons (Fsp3) is 0.688. The standard InChI is InChI=1S/C16H21BrN2O2S/c1-8-9(2)22-13(18-8)19-12(21)16-7-6-15(5,14(16,3)4)11(20)10(16)17/h10H,6-7H2,1-5H3,(H,18,19,21)/t10-,15+,16+/m1/s1. The molecule has 2 saturated carbocycles. The predicted molar refractivity (Wildman–Crippen MR) is 91.5 cm³/mol. The Morgan fingerprint density at radius 3 is 2.41 bits per heavy atom. The second kappa shape index (κ2) is 4.63. The van der Waals surface area contributed by atoms with Crippen LogP contribution in [0.15, 0.2) is 0 Å². The number of fused-ring (bicyclic) bond motifs is 2. The zero-order valence-electron chi connectivity index (χ0n) is 13.5. The summed E-state index contributed by atoms with van der Waals surface area (Å²) in [4.78, 5) is 30.9. The van der Waals surface area contributed by atoms with Crippen molar-refractivity contribution in [3.05, 3.63) is 10.6 Å². The number of anilines is 1. The van der Waals surface area contributed by atoms with Crippen molar-refractivity contribution in [1.82, 2.24) is 4.98 Å². The monoisotopic (exact) mass is 384 g/mol. The lowest BCUT2D eigenvalue weighted by molar-refractivity contribution is -0.130. The lowest BCUT2D eigenvalue weighted by Gasteiger charge is -2.39. The Morgan fingerprint density at radius 1 is 1.32 bits per heavy atom. The molecule has 1 aromatic heterocycles. The van der Waals surface area contributed by atoms with Crippen molar-refractivity contribution in [2.24, 2.45) is 16.2 Å². The Kier molecular flexibility index (Phi) is 3.39. The fourth-order valence-electron chi connectivity index (χ4n) is 4.19. The smallest absolute Gasteiger partial charge is 0.234 e. The summed E-state index contributed by atoms with van der Waals surface area (Å²) in [7, 11) is 0. The number of carbonyl (C=O) groups excluding carboxylic acids is 2. The molecule has 2 aliphatic carbocycles. The summed E-state index contributed by atoms with van der Waals surface area (Å²) in [5.74, 6) is 0.0769. The van der Waals surface area contributed by atoms with Crippen LogP contribution in [0, 0.1) is 30.1 Å². The van der Waals surface area contributed by atoms with Crippen LogP contribution >= 0.6 is 27.3 Å². The molecule has 0 unspecified atom stereocenters. The lowest BCUT2D eigenvalue weighted by Crippen LogP contribution is -2.47. The summed E-state index contributed by atoms with van der Waals surface area (Å²) in [6.07, 6.45) is 1.50. The van der Waals surface area contributed by atoms with Gasteiger partial charge in [-0.25, -0.2) is 4.98 Å². The van der Waals surface area contributed by atoms with E-state index in [2.05, 4.69) is 40.1 Å². The molecule has 0 spiro atoms. The maximum absolute atomic E-state index is 13.1. The number of nitrogens with one attached hydrogen (secondary N) is 1. The quantitative estimate of drug-likeness (QED) is 0.787. The average molecular weight is 385 g/mol. The molecule has 0 saturated heterocycles. The van der Waals surface area contributed by atoms with Gasteiger partial charge >= 0.3 is 0 Å². The second-order valence-corrected chi connectivity index (χ2v) is 9.39. The largest absolute Gasteiger partial charge is 0.301 e. The number of carbonyl (C=O) groups is 2. The normalized spacial score (nSPS) is 35.9. The molecule has 4 nitrogen and oxygen atoms in total. The third-order valence-electron chi connectivity index (χ3n) is 6.37. The number of nitrogens with zero attached hydrogens (tertiary/aromatic N) is 1. The van der Waals surface area contributed by atoms with Gasteiger partial charge in [0.1, 0.15) is 0 Å². The van der Waals surface area contributed by atoms with E-state index in [1.807, 2.05) is 20.8 Å². The molecule has 1 amide bonds. The first-order valence-electron chi connectivity index (χ1n) is 7.52. The molecule has 3 atom stereocenters. The first-order valence-corrected chi connectivity index (χ1v) is 9.25. The Morgan fingerprint density at radius 2 is 1.95 bits per heavy atom. The zero-order valence-corrected chi connectivity index (χ0v) is 15.9. The van der Waals surface area contributed by atoms with E-state index in [4.69, 9.17) is 0 Å². The van der Waals surface area contributed by atoms with Crippen molar-refractivity contribution in [2.45, 2.75) is 52.3 Å². The van der Waals surface area contributed by atoms with E-state index in [0.717, 1.165) is 23.4 Å². The van der Waals surface area contributed by atoms with Crippen molar-refractivity contribution < 1.29 is 9.59 Å². The number of rotatable bonds is 2. The van der Waals surface area contributed by atoms with Crippen LogP contribution in [0.4, 0.5) is 5.13 Å². The van der Waals surface area contributed by atoms with E-state index in [9.17, 15) is 9.59 Å². The van der Waals surface area contributed by atoms with Gasteiger partial charge in [-0.15, -0.1) is 11.3 Å². The van der Waals surface area contributed by atoms with Crippen LogP contribution in [0.3, 0.4) is 0 Å². The van der Waals surface area contributed by atoms with Gasteiger partial charge in [-0.05, 0) is 32.1 Å². The summed E-state index contributed by atoms with van der Waals surface area (Å²) in [6.45, 7) is 10.0. The predicted octanol–water partition coefficient (Wildman–Crippen LogP) is 3.86. The number of halogens is 1. The SMILES string of the molecule is Cc1nc(NC(=O)[C@]23CC[C@@](C)(C(=O)[C@H]2Br)C3(C)C)sc1C. The van der Waals surface area contributed by atoms with Gasteiger partial charge in [0.25, 0.3) is 0 Å². The minimum atomic E-state index is -0.702. The van der Waals surface area contributed by atoms with Gasteiger partial charge in [0.05, 0.1) is 15.9 Å². The Hall–Kier alpha value is -0.750. The number of alkyl halides is 1. The summed E-state index contributed by atoms with van der Waals surface area (Å²) in [5.41, 5.74) is -0.581. The second-order valence-electron chi connectivity index (χ2n) is 7.27.